The Balaban J connectivity index is 1.56. The van der Waals surface area contributed by atoms with Crippen molar-refractivity contribution < 1.29 is 4.42 Å². The molecule has 0 N–H and O–H groups in total. The van der Waals surface area contributed by atoms with Crippen LogP contribution >= 0.6 is 11.3 Å². The van der Waals surface area contributed by atoms with Gasteiger partial charge in [0.25, 0.3) is 0 Å². The maximum absolute atomic E-state index is 6.33. The lowest BCUT2D eigenvalue weighted by molar-refractivity contribution is 0.669. The molecule has 37 heavy (non-hydrogen) atoms. The molecule has 0 atom stereocenters. The van der Waals surface area contributed by atoms with Crippen LogP contribution in [0.2, 0.25) is 0 Å². The van der Waals surface area contributed by atoms with E-state index in [1.165, 1.54) is 42.4 Å². The molecule has 0 saturated heterocycles. The van der Waals surface area contributed by atoms with Crippen molar-refractivity contribution in [3.8, 4) is 11.1 Å². The SMILES string of the molecule is CC(=Nc1ccccc1C)c1ccc2c(sc3ccccc32)c1-c1cc2oc3ccccc3c2cc1C. The summed E-state index contributed by atoms with van der Waals surface area (Å²) in [5.74, 6) is 0. The topological polar surface area (TPSA) is 25.5 Å². The van der Waals surface area contributed by atoms with Gasteiger partial charge in [-0.1, -0.05) is 66.7 Å². The summed E-state index contributed by atoms with van der Waals surface area (Å²) in [7, 11) is 0. The summed E-state index contributed by atoms with van der Waals surface area (Å²) in [5.41, 5.74) is 9.83. The summed E-state index contributed by atoms with van der Waals surface area (Å²) in [5, 5.41) is 4.90. The second-order valence-electron chi connectivity index (χ2n) is 9.71. The fraction of sp³-hybridized carbons (Fsp3) is 0.0882. The second kappa shape index (κ2) is 8.43. The predicted octanol–water partition coefficient (Wildman–Crippen LogP) is 10.4. The zero-order valence-corrected chi connectivity index (χ0v) is 21.8. The van der Waals surface area contributed by atoms with E-state index in [0.29, 0.717) is 0 Å². The van der Waals surface area contributed by atoms with Gasteiger partial charge in [-0.15, -0.1) is 11.3 Å². The number of aryl methyl sites for hydroxylation is 2. The fourth-order valence-electron chi connectivity index (χ4n) is 5.44. The van der Waals surface area contributed by atoms with E-state index in [9.17, 15) is 0 Å². The molecule has 3 heteroatoms. The van der Waals surface area contributed by atoms with Crippen molar-refractivity contribution in [2.45, 2.75) is 20.8 Å². The third-order valence-corrected chi connectivity index (χ3v) is 8.54. The monoisotopic (exact) mass is 495 g/mol. The number of furan rings is 1. The average molecular weight is 496 g/mol. The van der Waals surface area contributed by atoms with Gasteiger partial charge in [0.1, 0.15) is 11.2 Å². The Labute approximate surface area is 219 Å². The van der Waals surface area contributed by atoms with Crippen LogP contribution in [0.5, 0.6) is 0 Å². The number of benzene rings is 5. The molecule has 0 aliphatic rings. The summed E-state index contributed by atoms with van der Waals surface area (Å²) in [6, 6.07) is 34.3. The van der Waals surface area contributed by atoms with Crippen molar-refractivity contribution in [2.24, 2.45) is 4.99 Å². The maximum atomic E-state index is 6.33. The first-order chi connectivity index (χ1) is 18.1. The lowest BCUT2D eigenvalue weighted by atomic mass is 9.91. The van der Waals surface area contributed by atoms with Gasteiger partial charge in [0.15, 0.2) is 0 Å². The van der Waals surface area contributed by atoms with Crippen LogP contribution in [0.15, 0.2) is 106 Å². The van der Waals surface area contributed by atoms with Gasteiger partial charge in [-0.2, -0.15) is 0 Å². The zero-order chi connectivity index (χ0) is 25.1. The summed E-state index contributed by atoms with van der Waals surface area (Å²) in [6.07, 6.45) is 0. The van der Waals surface area contributed by atoms with Gasteiger partial charge >= 0.3 is 0 Å². The lowest BCUT2D eigenvalue weighted by Gasteiger charge is -2.14. The quantitative estimate of drug-likeness (QED) is 0.224. The van der Waals surface area contributed by atoms with Crippen LogP contribution in [-0.2, 0) is 0 Å². The van der Waals surface area contributed by atoms with Gasteiger partial charge in [0.2, 0.25) is 0 Å². The smallest absolute Gasteiger partial charge is 0.136 e. The Hall–Kier alpha value is -4.21. The largest absolute Gasteiger partial charge is 0.456 e. The van der Waals surface area contributed by atoms with Crippen LogP contribution in [0.4, 0.5) is 5.69 Å². The molecule has 2 heterocycles. The molecule has 0 saturated carbocycles. The minimum atomic E-state index is 0.916. The highest BCUT2D eigenvalue weighted by atomic mass is 32.1. The molecule has 0 spiro atoms. The first-order valence-electron chi connectivity index (χ1n) is 12.6. The van der Waals surface area contributed by atoms with Crippen molar-refractivity contribution in [1.82, 2.24) is 0 Å². The summed E-state index contributed by atoms with van der Waals surface area (Å²) >= 11 is 1.86. The molecule has 2 nitrogen and oxygen atoms in total. The van der Waals surface area contributed by atoms with Gasteiger partial charge in [-0.05, 0) is 67.8 Å². The number of thiophene rings is 1. The zero-order valence-electron chi connectivity index (χ0n) is 21.0. The van der Waals surface area contributed by atoms with Crippen molar-refractivity contribution in [1.29, 1.82) is 0 Å². The van der Waals surface area contributed by atoms with Gasteiger partial charge in [0.05, 0.1) is 5.69 Å². The first-order valence-corrected chi connectivity index (χ1v) is 13.4. The van der Waals surface area contributed by atoms with Crippen LogP contribution in [0, 0.1) is 13.8 Å². The van der Waals surface area contributed by atoms with Gasteiger partial charge < -0.3 is 4.42 Å². The highest BCUT2D eigenvalue weighted by Crippen LogP contribution is 2.44. The van der Waals surface area contributed by atoms with Crippen molar-refractivity contribution in [3.63, 3.8) is 0 Å². The molecule has 7 rings (SSSR count). The van der Waals surface area contributed by atoms with Crippen molar-refractivity contribution in [3.05, 3.63) is 114 Å². The van der Waals surface area contributed by atoms with E-state index in [2.05, 4.69) is 106 Å². The van der Waals surface area contributed by atoms with Gasteiger partial charge in [-0.25, -0.2) is 0 Å². The molecule has 178 valence electrons. The highest BCUT2D eigenvalue weighted by molar-refractivity contribution is 7.26. The number of aliphatic imine (C=N–C) groups is 1. The third-order valence-electron chi connectivity index (χ3n) is 7.33. The van der Waals surface area contributed by atoms with E-state index < -0.39 is 0 Å². The van der Waals surface area contributed by atoms with Crippen LogP contribution < -0.4 is 0 Å². The molecule has 0 aliphatic heterocycles. The number of hydrogen-bond donors (Lipinski definition) is 0. The minimum Gasteiger partial charge on any atom is -0.456 e. The van der Waals surface area contributed by atoms with E-state index in [1.807, 2.05) is 23.5 Å². The molecule has 2 aromatic heterocycles. The molecule has 0 fully saturated rings. The van der Waals surface area contributed by atoms with Crippen LogP contribution in [-0.4, -0.2) is 5.71 Å². The summed E-state index contributed by atoms with van der Waals surface area (Å²) < 4.78 is 8.91. The molecular formula is C34H25NOS. The minimum absolute atomic E-state index is 0.916. The van der Waals surface area contributed by atoms with Crippen molar-refractivity contribution in [2.75, 3.05) is 0 Å². The highest BCUT2D eigenvalue weighted by Gasteiger charge is 2.20. The Morgan fingerprint density at radius 2 is 1.43 bits per heavy atom. The second-order valence-corrected chi connectivity index (χ2v) is 10.8. The maximum Gasteiger partial charge on any atom is 0.136 e. The number of hydrogen-bond acceptors (Lipinski definition) is 3. The van der Waals surface area contributed by atoms with E-state index in [1.54, 1.807) is 0 Å². The predicted molar refractivity (Wildman–Crippen MR) is 160 cm³/mol. The molecule has 0 bridgehead atoms. The molecule has 5 aromatic carbocycles. The average Bonchev–Trinajstić information content (AvgIpc) is 3.47. The molecule has 0 radical (unpaired) electrons. The standard InChI is InChI=1S/C34H25NOS/c1-20-10-4-7-13-29(20)35-22(3)23-16-17-26-25-12-6-9-15-32(25)37-34(26)33(23)27-19-31-28(18-21(27)2)24-11-5-8-14-30(24)36-31/h4-19H,1-3H3. The number of para-hydroxylation sites is 2. The normalized spacial score (nSPS) is 12.4. The fourth-order valence-corrected chi connectivity index (χ4v) is 6.70. The third kappa shape index (κ3) is 3.50. The summed E-state index contributed by atoms with van der Waals surface area (Å²) in [6.45, 7) is 6.45. The van der Waals surface area contributed by atoms with E-state index in [-0.39, 0.29) is 0 Å². The van der Waals surface area contributed by atoms with Crippen molar-refractivity contribution >= 4 is 64.8 Å². The van der Waals surface area contributed by atoms with E-state index in [0.717, 1.165) is 38.9 Å². The summed E-state index contributed by atoms with van der Waals surface area (Å²) in [4.78, 5) is 5.10. The Morgan fingerprint density at radius 1 is 0.676 bits per heavy atom. The van der Waals surface area contributed by atoms with Crippen LogP contribution in [0.1, 0.15) is 23.6 Å². The number of rotatable bonds is 3. The molecule has 0 unspecified atom stereocenters. The molecule has 7 aromatic rings. The van der Waals surface area contributed by atoms with E-state index >= 15 is 0 Å². The Kier molecular flexibility index (Phi) is 5.02. The molecular weight excluding hydrogens is 470 g/mol. The number of nitrogens with zero attached hydrogens (tertiary/aromatic N) is 1. The lowest BCUT2D eigenvalue weighted by Crippen LogP contribution is -1.99. The van der Waals surface area contributed by atoms with Gasteiger partial charge in [0, 0.05) is 47.8 Å². The van der Waals surface area contributed by atoms with Crippen LogP contribution in [0.3, 0.4) is 0 Å². The molecule has 0 aliphatic carbocycles. The van der Waals surface area contributed by atoms with E-state index in [4.69, 9.17) is 9.41 Å². The van der Waals surface area contributed by atoms with Crippen LogP contribution in [0.25, 0.3) is 53.2 Å². The van der Waals surface area contributed by atoms with Gasteiger partial charge in [-0.3, -0.25) is 4.99 Å². The Bertz CT molecular complexity index is 2020. The number of fused-ring (bicyclic) bond motifs is 6. The molecule has 0 amide bonds. The Morgan fingerprint density at radius 3 is 2.30 bits per heavy atom. The first kappa shape index (κ1) is 22.0.